The third-order valence-electron chi connectivity index (χ3n) is 3.51. The maximum absolute atomic E-state index is 5.36. The fourth-order valence-corrected chi connectivity index (χ4v) is 2.92. The minimum Gasteiger partial charge on any atom is -0.468 e. The van der Waals surface area contributed by atoms with Crippen molar-refractivity contribution in [2.45, 2.75) is 24.5 Å². The van der Waals surface area contributed by atoms with Gasteiger partial charge in [-0.25, -0.2) is 15.0 Å². The van der Waals surface area contributed by atoms with Gasteiger partial charge in [0.2, 0.25) is 0 Å². The highest BCUT2D eigenvalue weighted by molar-refractivity contribution is 7.98. The van der Waals surface area contributed by atoms with Crippen molar-refractivity contribution in [3.63, 3.8) is 0 Å². The molecule has 0 atom stereocenters. The third kappa shape index (κ3) is 3.31. The molecule has 6 nitrogen and oxygen atoms in total. The van der Waals surface area contributed by atoms with Gasteiger partial charge in [0.15, 0.2) is 5.65 Å². The largest absolute Gasteiger partial charge is 0.468 e. The molecule has 0 unspecified atom stereocenters. The van der Waals surface area contributed by atoms with Crippen LogP contribution in [0.5, 0.6) is 0 Å². The van der Waals surface area contributed by atoms with Gasteiger partial charge in [0.1, 0.15) is 22.6 Å². The first kappa shape index (κ1) is 15.1. The van der Waals surface area contributed by atoms with Gasteiger partial charge in [-0.15, -0.1) is 11.8 Å². The fraction of sp³-hybridized carbons (Fsp3) is 0.400. The second kappa shape index (κ2) is 6.93. The summed E-state index contributed by atoms with van der Waals surface area (Å²) >= 11 is 1.60. The van der Waals surface area contributed by atoms with E-state index in [4.69, 9.17) is 4.42 Å². The van der Waals surface area contributed by atoms with Gasteiger partial charge >= 0.3 is 0 Å². The zero-order valence-electron chi connectivity index (χ0n) is 12.8. The molecule has 0 radical (unpaired) electrons. The highest BCUT2D eigenvalue weighted by Gasteiger charge is 2.09. The number of rotatable bonds is 7. The Balaban J connectivity index is 1.58. The van der Waals surface area contributed by atoms with Gasteiger partial charge in [-0.05, 0) is 31.9 Å². The van der Waals surface area contributed by atoms with Crippen LogP contribution in [0.3, 0.4) is 0 Å². The fourth-order valence-electron chi connectivity index (χ4n) is 2.43. The number of fused-ring (bicyclic) bond motifs is 1. The molecular formula is C15H19N5OS. The van der Waals surface area contributed by atoms with Crippen molar-refractivity contribution in [1.29, 1.82) is 0 Å². The lowest BCUT2D eigenvalue weighted by atomic mass is 10.3. The average Bonchev–Trinajstić information content (AvgIpc) is 3.17. The Morgan fingerprint density at radius 1 is 1.32 bits per heavy atom. The van der Waals surface area contributed by atoms with Crippen LogP contribution in [0.1, 0.15) is 12.2 Å². The topological polar surface area (TPSA) is 60.0 Å². The molecule has 3 rings (SSSR count). The molecule has 22 heavy (non-hydrogen) atoms. The van der Waals surface area contributed by atoms with Crippen molar-refractivity contribution in [1.82, 2.24) is 24.4 Å². The molecule has 0 amide bonds. The SMILES string of the molecule is CSc1ncnc2c1ncn2CCCN(C)Cc1ccco1. The van der Waals surface area contributed by atoms with E-state index in [2.05, 4.69) is 31.5 Å². The zero-order valence-corrected chi connectivity index (χ0v) is 13.6. The summed E-state index contributed by atoms with van der Waals surface area (Å²) in [5.74, 6) is 0.993. The second-order valence-corrected chi connectivity index (χ2v) is 5.96. The highest BCUT2D eigenvalue weighted by atomic mass is 32.2. The summed E-state index contributed by atoms with van der Waals surface area (Å²) in [4.78, 5) is 15.3. The molecule has 3 aromatic heterocycles. The van der Waals surface area contributed by atoms with Gasteiger partial charge in [0.25, 0.3) is 0 Å². The predicted octanol–water partition coefficient (Wildman–Crippen LogP) is 2.66. The van der Waals surface area contributed by atoms with Crippen molar-refractivity contribution in [2.75, 3.05) is 19.8 Å². The molecule has 0 saturated heterocycles. The maximum atomic E-state index is 5.36. The van der Waals surface area contributed by atoms with Crippen molar-refractivity contribution < 1.29 is 4.42 Å². The molecule has 3 aromatic rings. The summed E-state index contributed by atoms with van der Waals surface area (Å²) in [6.07, 6.45) is 8.20. The lowest BCUT2D eigenvalue weighted by Gasteiger charge is -2.15. The van der Waals surface area contributed by atoms with Gasteiger partial charge in [-0.2, -0.15) is 0 Å². The van der Waals surface area contributed by atoms with Crippen molar-refractivity contribution in [3.8, 4) is 0 Å². The molecule has 0 aliphatic carbocycles. The molecule has 116 valence electrons. The molecule has 0 aliphatic heterocycles. The molecule has 0 N–H and O–H groups in total. The zero-order chi connectivity index (χ0) is 15.4. The molecule has 0 fully saturated rings. The molecule has 0 saturated carbocycles. The Labute approximate surface area is 133 Å². The van der Waals surface area contributed by atoms with Gasteiger partial charge in [0.05, 0.1) is 19.1 Å². The van der Waals surface area contributed by atoms with E-state index in [1.807, 2.05) is 24.7 Å². The summed E-state index contributed by atoms with van der Waals surface area (Å²) in [5.41, 5.74) is 1.80. The van der Waals surface area contributed by atoms with Gasteiger partial charge in [-0.3, -0.25) is 4.90 Å². The third-order valence-corrected chi connectivity index (χ3v) is 4.19. The van der Waals surface area contributed by atoms with Crippen LogP contribution in [-0.4, -0.2) is 44.3 Å². The van der Waals surface area contributed by atoms with Gasteiger partial charge in [0, 0.05) is 13.1 Å². The Morgan fingerprint density at radius 3 is 3.00 bits per heavy atom. The first-order chi connectivity index (χ1) is 10.8. The number of hydrogen-bond donors (Lipinski definition) is 0. The van der Waals surface area contributed by atoms with Crippen molar-refractivity contribution in [2.24, 2.45) is 0 Å². The Kier molecular flexibility index (Phi) is 4.74. The minimum atomic E-state index is 0.830. The van der Waals surface area contributed by atoms with Crippen LogP contribution >= 0.6 is 11.8 Å². The second-order valence-electron chi connectivity index (χ2n) is 5.16. The van der Waals surface area contributed by atoms with E-state index < -0.39 is 0 Å². The smallest absolute Gasteiger partial charge is 0.164 e. The Bertz CT molecular complexity index is 725. The van der Waals surface area contributed by atoms with E-state index >= 15 is 0 Å². The highest BCUT2D eigenvalue weighted by Crippen LogP contribution is 2.20. The van der Waals surface area contributed by atoms with Crippen LogP contribution < -0.4 is 0 Å². The molecule has 3 heterocycles. The first-order valence-corrected chi connectivity index (χ1v) is 8.41. The molecule has 0 aromatic carbocycles. The van der Waals surface area contributed by atoms with Crippen LogP contribution in [-0.2, 0) is 13.1 Å². The summed E-state index contributed by atoms with van der Waals surface area (Å²) in [6, 6.07) is 3.92. The van der Waals surface area contributed by atoms with Crippen LogP contribution in [0.15, 0.2) is 40.5 Å². The van der Waals surface area contributed by atoms with Crippen LogP contribution in [0.25, 0.3) is 11.2 Å². The maximum Gasteiger partial charge on any atom is 0.164 e. The summed E-state index contributed by atoms with van der Waals surface area (Å²) < 4.78 is 7.46. The molecule has 0 aliphatic rings. The van der Waals surface area contributed by atoms with Crippen LogP contribution in [0.4, 0.5) is 0 Å². The van der Waals surface area contributed by atoms with Crippen LogP contribution in [0.2, 0.25) is 0 Å². The van der Waals surface area contributed by atoms with E-state index in [1.165, 1.54) is 0 Å². The number of furan rings is 1. The predicted molar refractivity (Wildman–Crippen MR) is 86.8 cm³/mol. The lowest BCUT2D eigenvalue weighted by Crippen LogP contribution is -2.20. The van der Waals surface area contributed by atoms with Crippen LogP contribution in [0, 0.1) is 0 Å². The lowest BCUT2D eigenvalue weighted by molar-refractivity contribution is 0.286. The Morgan fingerprint density at radius 2 is 2.23 bits per heavy atom. The first-order valence-electron chi connectivity index (χ1n) is 7.18. The summed E-state index contributed by atoms with van der Waals surface area (Å²) in [7, 11) is 2.10. The van der Waals surface area contributed by atoms with E-state index in [-0.39, 0.29) is 0 Å². The van der Waals surface area contributed by atoms with Gasteiger partial charge < -0.3 is 8.98 Å². The molecule has 0 bridgehead atoms. The molecular weight excluding hydrogens is 298 g/mol. The van der Waals surface area contributed by atoms with E-state index in [0.29, 0.717) is 0 Å². The van der Waals surface area contributed by atoms with E-state index in [0.717, 1.165) is 48.0 Å². The van der Waals surface area contributed by atoms with Crippen molar-refractivity contribution in [3.05, 3.63) is 36.8 Å². The van der Waals surface area contributed by atoms with E-state index in [9.17, 15) is 0 Å². The summed E-state index contributed by atoms with van der Waals surface area (Å²) in [6.45, 7) is 2.71. The number of imidazole rings is 1. The minimum absolute atomic E-state index is 0.830. The quantitative estimate of drug-likeness (QED) is 0.493. The standard InChI is InChI=1S/C15H19N5OS/c1-19(9-12-5-3-8-21-12)6-4-7-20-11-18-13-14(20)16-10-17-15(13)22-2/h3,5,8,10-11H,4,6-7,9H2,1-2H3. The van der Waals surface area contributed by atoms with Crippen molar-refractivity contribution >= 4 is 22.9 Å². The number of aromatic nitrogens is 4. The monoisotopic (exact) mass is 317 g/mol. The number of hydrogen-bond acceptors (Lipinski definition) is 6. The van der Waals surface area contributed by atoms with E-state index in [1.54, 1.807) is 24.4 Å². The summed E-state index contributed by atoms with van der Waals surface area (Å²) in [5, 5.41) is 0.929. The Hall–Kier alpha value is -1.86. The number of thioether (sulfide) groups is 1. The van der Waals surface area contributed by atoms with Gasteiger partial charge in [-0.1, -0.05) is 0 Å². The molecule has 7 heteroatoms. The normalized spacial score (nSPS) is 11.6. The molecule has 0 spiro atoms. The average molecular weight is 317 g/mol. The number of nitrogens with zero attached hydrogens (tertiary/aromatic N) is 5. The number of aryl methyl sites for hydroxylation is 1.